The maximum atomic E-state index is 11.5. The van der Waals surface area contributed by atoms with Crippen molar-refractivity contribution in [2.45, 2.75) is 30.2 Å². The lowest BCUT2D eigenvalue weighted by Gasteiger charge is -2.10. The topological polar surface area (TPSA) is 72.5 Å². The second-order valence-electron chi connectivity index (χ2n) is 4.47. The number of carbonyl (C=O) groups excluding carboxylic acids is 1. The molecule has 8 heteroatoms. The second-order valence-corrected chi connectivity index (χ2v) is 7.44. The zero-order valence-corrected chi connectivity index (χ0v) is 12.8. The summed E-state index contributed by atoms with van der Waals surface area (Å²) >= 11 is 5.73. The lowest BCUT2D eigenvalue weighted by molar-refractivity contribution is -0.121. The van der Waals surface area contributed by atoms with E-state index in [0.717, 1.165) is 12.8 Å². The van der Waals surface area contributed by atoms with E-state index in [-0.39, 0.29) is 40.6 Å². The van der Waals surface area contributed by atoms with Gasteiger partial charge in [-0.1, -0.05) is 11.6 Å². The minimum atomic E-state index is -3.95. The van der Waals surface area contributed by atoms with Gasteiger partial charge in [0.05, 0.1) is 13.0 Å². The highest BCUT2D eigenvalue weighted by atomic mass is 35.7. The molecule has 0 spiro atoms. The number of amides is 1. The van der Waals surface area contributed by atoms with Crippen LogP contribution in [-0.2, 0) is 13.8 Å². The number of halogens is 2. The van der Waals surface area contributed by atoms with Crippen LogP contribution in [0.25, 0.3) is 0 Å². The fraction of sp³-hybridized carbons (Fsp3) is 0.417. The average Bonchev–Trinajstić information content (AvgIpc) is 3.13. The molecule has 20 heavy (non-hydrogen) atoms. The van der Waals surface area contributed by atoms with Crippen molar-refractivity contribution >= 4 is 37.2 Å². The molecule has 0 aliphatic heterocycles. The number of benzene rings is 1. The molecule has 1 aliphatic carbocycles. The van der Waals surface area contributed by atoms with Gasteiger partial charge >= 0.3 is 0 Å². The van der Waals surface area contributed by atoms with Crippen LogP contribution in [0.3, 0.4) is 0 Å². The lowest BCUT2D eigenvalue weighted by atomic mass is 10.3. The van der Waals surface area contributed by atoms with Crippen molar-refractivity contribution in [3.8, 4) is 5.75 Å². The molecule has 0 saturated heterocycles. The highest BCUT2D eigenvalue weighted by Crippen LogP contribution is 2.30. The first-order chi connectivity index (χ1) is 9.36. The molecule has 1 N–H and O–H groups in total. The van der Waals surface area contributed by atoms with Gasteiger partial charge in [-0.3, -0.25) is 4.79 Å². The van der Waals surface area contributed by atoms with Gasteiger partial charge in [0.25, 0.3) is 9.05 Å². The largest absolute Gasteiger partial charge is 0.492 e. The summed E-state index contributed by atoms with van der Waals surface area (Å²) in [5.41, 5.74) is 0. The van der Waals surface area contributed by atoms with E-state index in [2.05, 4.69) is 5.32 Å². The molecule has 1 aromatic rings. The van der Waals surface area contributed by atoms with Crippen LogP contribution in [-0.4, -0.2) is 27.0 Å². The van der Waals surface area contributed by atoms with E-state index in [1.54, 1.807) is 0 Å². The SMILES string of the molecule is O=C(CCOc1ccc(Cl)cc1S(=O)(=O)Cl)NC1CC1. The minimum Gasteiger partial charge on any atom is -0.492 e. The third kappa shape index (κ3) is 4.54. The van der Waals surface area contributed by atoms with Crippen LogP contribution >= 0.6 is 22.3 Å². The van der Waals surface area contributed by atoms with Crippen molar-refractivity contribution < 1.29 is 17.9 Å². The van der Waals surface area contributed by atoms with Gasteiger partial charge in [0, 0.05) is 21.7 Å². The molecule has 0 bridgehead atoms. The van der Waals surface area contributed by atoms with E-state index in [4.69, 9.17) is 27.0 Å². The van der Waals surface area contributed by atoms with Gasteiger partial charge in [0.2, 0.25) is 5.91 Å². The van der Waals surface area contributed by atoms with Gasteiger partial charge in [0.15, 0.2) is 0 Å². The third-order valence-electron chi connectivity index (χ3n) is 2.70. The van der Waals surface area contributed by atoms with Crippen molar-refractivity contribution in [2.24, 2.45) is 0 Å². The predicted octanol–water partition coefficient (Wildman–Crippen LogP) is 2.32. The fourth-order valence-electron chi connectivity index (χ4n) is 1.57. The number of rotatable bonds is 6. The molecule has 0 aromatic heterocycles. The van der Waals surface area contributed by atoms with Crippen molar-refractivity contribution in [1.82, 2.24) is 5.32 Å². The Bertz CT molecular complexity index is 614. The number of carbonyl (C=O) groups is 1. The fourth-order valence-corrected chi connectivity index (χ4v) is 2.81. The normalized spacial score (nSPS) is 14.9. The van der Waals surface area contributed by atoms with E-state index in [0.29, 0.717) is 0 Å². The second kappa shape index (κ2) is 6.20. The number of hydrogen-bond acceptors (Lipinski definition) is 4. The first-order valence-electron chi connectivity index (χ1n) is 6.02. The summed E-state index contributed by atoms with van der Waals surface area (Å²) in [6.07, 6.45) is 2.18. The molecule has 1 aromatic carbocycles. The quantitative estimate of drug-likeness (QED) is 0.808. The smallest absolute Gasteiger partial charge is 0.265 e. The summed E-state index contributed by atoms with van der Waals surface area (Å²) in [4.78, 5) is 11.3. The summed E-state index contributed by atoms with van der Waals surface area (Å²) < 4.78 is 28.1. The van der Waals surface area contributed by atoms with Crippen LogP contribution in [0.4, 0.5) is 0 Å². The highest BCUT2D eigenvalue weighted by Gasteiger charge is 2.23. The maximum absolute atomic E-state index is 11.5. The Hall–Kier alpha value is -0.980. The summed E-state index contributed by atoms with van der Waals surface area (Å²) in [5, 5.41) is 3.05. The number of hydrogen-bond donors (Lipinski definition) is 1. The summed E-state index contributed by atoms with van der Waals surface area (Å²) in [7, 11) is 1.36. The molecule has 1 saturated carbocycles. The first-order valence-corrected chi connectivity index (χ1v) is 8.71. The Morgan fingerprint density at radius 1 is 1.40 bits per heavy atom. The molecule has 0 radical (unpaired) electrons. The van der Waals surface area contributed by atoms with Crippen LogP contribution in [0.15, 0.2) is 23.1 Å². The van der Waals surface area contributed by atoms with Crippen LogP contribution in [0.2, 0.25) is 5.02 Å². The summed E-state index contributed by atoms with van der Waals surface area (Å²) in [6, 6.07) is 4.41. The van der Waals surface area contributed by atoms with E-state index in [1.165, 1.54) is 18.2 Å². The molecular formula is C12H13Cl2NO4S. The highest BCUT2D eigenvalue weighted by molar-refractivity contribution is 8.13. The Kier molecular flexibility index (Phi) is 4.78. The standard InChI is InChI=1S/C12H13Cl2NO4S/c13-8-1-4-10(11(7-8)20(14,17)18)19-6-5-12(16)15-9-2-3-9/h1,4,7,9H,2-3,5-6H2,(H,15,16). The molecule has 0 heterocycles. The van der Waals surface area contributed by atoms with E-state index < -0.39 is 9.05 Å². The molecule has 1 aliphatic rings. The van der Waals surface area contributed by atoms with Crippen LogP contribution in [0.1, 0.15) is 19.3 Å². The van der Waals surface area contributed by atoms with Gasteiger partial charge in [-0.05, 0) is 31.0 Å². The van der Waals surface area contributed by atoms with Crippen molar-refractivity contribution in [3.63, 3.8) is 0 Å². The molecule has 2 rings (SSSR count). The van der Waals surface area contributed by atoms with E-state index in [9.17, 15) is 13.2 Å². The molecule has 1 fully saturated rings. The molecule has 1 amide bonds. The monoisotopic (exact) mass is 337 g/mol. The van der Waals surface area contributed by atoms with Gasteiger partial charge < -0.3 is 10.1 Å². The average molecular weight is 338 g/mol. The van der Waals surface area contributed by atoms with Crippen LogP contribution in [0, 0.1) is 0 Å². The van der Waals surface area contributed by atoms with Gasteiger partial charge in [-0.2, -0.15) is 0 Å². The lowest BCUT2D eigenvalue weighted by Crippen LogP contribution is -2.26. The third-order valence-corrected chi connectivity index (χ3v) is 4.28. The molecule has 0 atom stereocenters. The zero-order chi connectivity index (χ0) is 14.8. The van der Waals surface area contributed by atoms with Crippen molar-refractivity contribution in [2.75, 3.05) is 6.61 Å². The van der Waals surface area contributed by atoms with Crippen molar-refractivity contribution in [1.29, 1.82) is 0 Å². The first kappa shape index (κ1) is 15.4. The van der Waals surface area contributed by atoms with Gasteiger partial charge in [-0.25, -0.2) is 8.42 Å². The molecule has 110 valence electrons. The van der Waals surface area contributed by atoms with Crippen molar-refractivity contribution in [3.05, 3.63) is 23.2 Å². The summed E-state index contributed by atoms with van der Waals surface area (Å²) in [6.45, 7) is 0.0690. The van der Waals surface area contributed by atoms with Gasteiger partial charge in [-0.15, -0.1) is 0 Å². The Labute approximate surface area is 126 Å². The Morgan fingerprint density at radius 3 is 2.70 bits per heavy atom. The minimum absolute atomic E-state index is 0.0690. The van der Waals surface area contributed by atoms with Crippen LogP contribution < -0.4 is 10.1 Å². The van der Waals surface area contributed by atoms with Crippen LogP contribution in [0.5, 0.6) is 5.75 Å². The Morgan fingerprint density at radius 2 is 2.10 bits per heavy atom. The number of nitrogens with one attached hydrogen (secondary N) is 1. The molecule has 0 unspecified atom stereocenters. The van der Waals surface area contributed by atoms with E-state index in [1.807, 2.05) is 0 Å². The number of ether oxygens (including phenoxy) is 1. The zero-order valence-electron chi connectivity index (χ0n) is 10.4. The maximum Gasteiger partial charge on any atom is 0.265 e. The van der Waals surface area contributed by atoms with Gasteiger partial charge in [0.1, 0.15) is 10.6 Å². The Balaban J connectivity index is 1.96. The predicted molar refractivity (Wildman–Crippen MR) is 75.8 cm³/mol. The summed E-state index contributed by atoms with van der Waals surface area (Å²) in [5.74, 6) is -0.0274. The molecule has 5 nitrogen and oxygen atoms in total. The molecular weight excluding hydrogens is 325 g/mol. The van der Waals surface area contributed by atoms with E-state index >= 15 is 0 Å².